The summed E-state index contributed by atoms with van der Waals surface area (Å²) in [7, 11) is 0. The minimum Gasteiger partial charge on any atom is -0.387 e. The van der Waals surface area contributed by atoms with Crippen LogP contribution in [0, 0.1) is 3.83 Å². The van der Waals surface area contributed by atoms with Gasteiger partial charge in [0, 0.05) is 39.8 Å². The largest absolute Gasteiger partial charge is 0.387 e. The van der Waals surface area contributed by atoms with E-state index in [9.17, 15) is 19.8 Å². The molecule has 0 spiro atoms. The third kappa shape index (κ3) is 4.86. The zero-order valence-electron chi connectivity index (χ0n) is 17.1. The molecule has 1 fully saturated rings. The molecule has 4 atom stereocenters. The van der Waals surface area contributed by atoms with Crippen molar-refractivity contribution in [3.8, 4) is 0 Å². The number of aromatic nitrogens is 4. The monoisotopic (exact) mass is 587 g/mol. The van der Waals surface area contributed by atoms with Gasteiger partial charge in [-0.25, -0.2) is 19.7 Å². The van der Waals surface area contributed by atoms with Crippen LogP contribution in [-0.4, -0.2) is 66.5 Å². The number of amides is 3. The lowest BCUT2D eigenvalue weighted by molar-refractivity contribution is -0.137. The molecule has 1 aliphatic heterocycles. The van der Waals surface area contributed by atoms with Gasteiger partial charge in [0.05, 0.1) is 6.33 Å². The number of urea groups is 1. The Bertz CT molecular complexity index is 1210. The van der Waals surface area contributed by atoms with E-state index in [1.165, 1.54) is 10.9 Å². The summed E-state index contributed by atoms with van der Waals surface area (Å²) in [5.41, 5.74) is 0.946. The van der Waals surface area contributed by atoms with Gasteiger partial charge >= 0.3 is 6.03 Å². The van der Waals surface area contributed by atoms with Crippen LogP contribution < -0.4 is 16.0 Å². The molecule has 3 heterocycles. The van der Waals surface area contributed by atoms with Crippen molar-refractivity contribution in [2.75, 3.05) is 17.2 Å². The van der Waals surface area contributed by atoms with Gasteiger partial charge in [0.15, 0.2) is 33.1 Å². The molecule has 1 aromatic carbocycles. The van der Waals surface area contributed by atoms with Crippen molar-refractivity contribution in [1.82, 2.24) is 24.8 Å². The summed E-state index contributed by atoms with van der Waals surface area (Å²) in [5, 5.41) is 29.1. The summed E-state index contributed by atoms with van der Waals surface area (Å²) < 4.78 is 7.31. The fourth-order valence-corrected chi connectivity index (χ4v) is 4.04. The van der Waals surface area contributed by atoms with Gasteiger partial charge in [0.1, 0.15) is 12.2 Å². The van der Waals surface area contributed by atoms with Gasteiger partial charge in [0.25, 0.3) is 5.91 Å². The number of nitrogens with zero attached hydrogens (tertiary/aromatic N) is 4. The maximum Gasteiger partial charge on any atom is 0.324 e. The number of carbonyl (C=O) groups excluding carboxylic acids is 2. The average Bonchev–Trinajstić information content (AvgIpc) is 3.29. The molecular formula is C19H19ClIN7O5. The standard InChI is InChI=1S/C19H19ClIN7O5/c1-2-22-16(31)13-11(29)12(30)17(33-13)28-7-23-10-14(25-18(21)27-15(10)28)26-19(32)24-9-5-3-4-8(20)6-9/h3-7,11-13,17,29-30H,2H2,1H3,(H,22,31)(H2,24,25,26,27,32). The number of aliphatic hydroxyl groups is 2. The molecule has 3 aromatic rings. The zero-order chi connectivity index (χ0) is 23.7. The normalized spacial score (nSPS) is 22.3. The molecule has 4 unspecified atom stereocenters. The molecule has 12 nitrogen and oxygen atoms in total. The van der Waals surface area contributed by atoms with E-state index in [0.717, 1.165) is 0 Å². The minimum absolute atomic E-state index is 0.121. The Morgan fingerprint density at radius 1 is 1.24 bits per heavy atom. The number of benzene rings is 1. The highest BCUT2D eigenvalue weighted by Gasteiger charge is 2.47. The van der Waals surface area contributed by atoms with Crippen molar-refractivity contribution in [2.45, 2.75) is 31.5 Å². The smallest absolute Gasteiger partial charge is 0.324 e. The summed E-state index contributed by atoms with van der Waals surface area (Å²) >= 11 is 7.81. The van der Waals surface area contributed by atoms with Crippen LogP contribution in [0.25, 0.3) is 11.2 Å². The maximum atomic E-state index is 12.5. The Morgan fingerprint density at radius 2 is 2.03 bits per heavy atom. The first-order chi connectivity index (χ1) is 15.8. The van der Waals surface area contributed by atoms with Crippen molar-refractivity contribution in [3.05, 3.63) is 39.4 Å². The Balaban J connectivity index is 1.60. The zero-order valence-corrected chi connectivity index (χ0v) is 20.0. The highest BCUT2D eigenvalue weighted by Crippen LogP contribution is 2.33. The molecule has 14 heteroatoms. The second kappa shape index (κ2) is 9.72. The van der Waals surface area contributed by atoms with E-state index in [1.54, 1.807) is 31.2 Å². The Hall–Kier alpha value is -2.59. The summed E-state index contributed by atoms with van der Waals surface area (Å²) in [4.78, 5) is 37.4. The maximum absolute atomic E-state index is 12.5. The molecule has 0 saturated carbocycles. The van der Waals surface area contributed by atoms with E-state index < -0.39 is 36.5 Å². The lowest BCUT2D eigenvalue weighted by Gasteiger charge is -2.16. The topological polar surface area (TPSA) is 164 Å². The number of carbonyl (C=O) groups is 2. The van der Waals surface area contributed by atoms with Crippen molar-refractivity contribution >= 4 is 68.8 Å². The molecule has 0 bridgehead atoms. The van der Waals surface area contributed by atoms with E-state index in [0.29, 0.717) is 17.3 Å². The number of hydrogen-bond acceptors (Lipinski definition) is 8. The number of nitrogens with one attached hydrogen (secondary N) is 3. The van der Waals surface area contributed by atoms with Gasteiger partial charge in [-0.05, 0) is 25.1 Å². The highest BCUT2D eigenvalue weighted by molar-refractivity contribution is 14.1. The second-order valence-electron chi connectivity index (χ2n) is 7.08. The number of hydrogen-bond donors (Lipinski definition) is 5. The molecule has 4 rings (SSSR count). The number of aliphatic hydroxyl groups excluding tert-OH is 2. The second-order valence-corrected chi connectivity index (χ2v) is 8.48. The van der Waals surface area contributed by atoms with Crippen LogP contribution in [0.4, 0.5) is 16.3 Å². The minimum atomic E-state index is -1.44. The average molecular weight is 588 g/mol. The quantitative estimate of drug-likeness (QED) is 0.221. The van der Waals surface area contributed by atoms with Crippen LogP contribution in [0.2, 0.25) is 5.02 Å². The predicted octanol–water partition coefficient (Wildman–Crippen LogP) is 1.48. The molecule has 174 valence electrons. The Kier molecular flexibility index (Phi) is 6.94. The molecule has 5 N–H and O–H groups in total. The van der Waals surface area contributed by atoms with Crippen molar-refractivity contribution < 1.29 is 24.5 Å². The Labute approximate surface area is 205 Å². The van der Waals surface area contributed by atoms with Gasteiger partial charge in [-0.15, -0.1) is 0 Å². The number of likely N-dealkylation sites (N-methyl/N-ethyl adjacent to an activating group) is 1. The summed E-state index contributed by atoms with van der Waals surface area (Å²) in [6.07, 6.45) is -3.91. The molecule has 1 aliphatic rings. The van der Waals surface area contributed by atoms with Gasteiger partial charge in [0.2, 0.25) is 0 Å². The van der Waals surface area contributed by atoms with Crippen LogP contribution >= 0.6 is 34.2 Å². The number of rotatable bonds is 5. The third-order valence-corrected chi connectivity index (χ3v) is 5.55. The van der Waals surface area contributed by atoms with Crippen molar-refractivity contribution in [1.29, 1.82) is 0 Å². The van der Waals surface area contributed by atoms with E-state index >= 15 is 0 Å². The van der Waals surface area contributed by atoms with Gasteiger partial charge in [-0.2, -0.15) is 0 Å². The fourth-order valence-electron chi connectivity index (χ4n) is 3.38. The summed E-state index contributed by atoms with van der Waals surface area (Å²) in [6.45, 7) is 2.07. The van der Waals surface area contributed by atoms with E-state index in [2.05, 4.69) is 30.9 Å². The van der Waals surface area contributed by atoms with Crippen molar-refractivity contribution in [2.24, 2.45) is 0 Å². The van der Waals surface area contributed by atoms with Crippen molar-refractivity contribution in [3.63, 3.8) is 0 Å². The number of imidazole rings is 1. The molecule has 0 radical (unpaired) electrons. The van der Waals surface area contributed by atoms with E-state index in [-0.39, 0.29) is 20.8 Å². The van der Waals surface area contributed by atoms with Crippen LogP contribution in [0.1, 0.15) is 13.2 Å². The van der Waals surface area contributed by atoms with E-state index in [1.807, 2.05) is 22.6 Å². The molecule has 1 saturated heterocycles. The third-order valence-electron chi connectivity index (χ3n) is 4.83. The predicted molar refractivity (Wildman–Crippen MR) is 127 cm³/mol. The van der Waals surface area contributed by atoms with E-state index in [4.69, 9.17) is 16.3 Å². The number of halogens is 2. The molecule has 0 aliphatic carbocycles. The van der Waals surface area contributed by atoms with Gasteiger partial charge in [-0.1, -0.05) is 17.7 Å². The molecule has 3 amide bonds. The van der Waals surface area contributed by atoms with Crippen LogP contribution in [0.3, 0.4) is 0 Å². The molecule has 2 aromatic heterocycles. The SMILES string of the molecule is CCNC(=O)C1OC(n2cnc3c(NC(=O)Nc4cccc(Cl)c4)nc(I)nc32)C(O)C1O. The van der Waals surface area contributed by atoms with Crippen LogP contribution in [0.5, 0.6) is 0 Å². The first-order valence-corrected chi connectivity index (χ1v) is 11.3. The lowest BCUT2D eigenvalue weighted by Crippen LogP contribution is -2.42. The summed E-state index contributed by atoms with van der Waals surface area (Å²) in [5.74, 6) is -0.420. The van der Waals surface area contributed by atoms with Crippen LogP contribution in [-0.2, 0) is 9.53 Å². The van der Waals surface area contributed by atoms with Crippen LogP contribution in [0.15, 0.2) is 30.6 Å². The van der Waals surface area contributed by atoms with Gasteiger partial charge in [-0.3, -0.25) is 14.7 Å². The summed E-state index contributed by atoms with van der Waals surface area (Å²) in [6, 6.07) is 6.06. The highest BCUT2D eigenvalue weighted by atomic mass is 127. The van der Waals surface area contributed by atoms with Gasteiger partial charge < -0.3 is 25.6 Å². The number of ether oxygens (including phenoxy) is 1. The number of fused-ring (bicyclic) bond motifs is 1. The number of anilines is 2. The first kappa shape index (κ1) is 23.6. The molecule has 33 heavy (non-hydrogen) atoms. The Morgan fingerprint density at radius 3 is 2.76 bits per heavy atom. The fraction of sp³-hybridized carbons (Fsp3) is 0.316. The first-order valence-electron chi connectivity index (χ1n) is 9.81. The molecular weight excluding hydrogens is 569 g/mol. The lowest BCUT2D eigenvalue weighted by atomic mass is 10.1.